The molecule has 1 N–H and O–H groups in total. The average Bonchev–Trinajstić information content (AvgIpc) is 3.10. The zero-order valence-electron chi connectivity index (χ0n) is 16.4. The van der Waals surface area contributed by atoms with E-state index in [1.54, 1.807) is 17.0 Å². The zero-order valence-corrected chi connectivity index (χ0v) is 17.2. The Morgan fingerprint density at radius 2 is 1.89 bits per heavy atom. The fourth-order valence-corrected chi connectivity index (χ4v) is 3.27. The molecule has 2 amide bonds. The molecule has 2 heterocycles. The number of nitrogens with zero attached hydrogens (tertiary/aromatic N) is 2. The number of carbonyl (C=O) groups excluding carboxylic acids is 2. The van der Waals surface area contributed by atoms with E-state index in [0.29, 0.717) is 48.3 Å². The normalized spacial score (nSPS) is 16.8. The molecule has 0 aromatic heterocycles. The van der Waals surface area contributed by atoms with Crippen LogP contribution in [0.4, 0.5) is 4.79 Å². The van der Waals surface area contributed by atoms with Gasteiger partial charge in [-0.3, -0.25) is 9.69 Å². The summed E-state index contributed by atoms with van der Waals surface area (Å²) in [6.45, 7) is 9.58. The van der Waals surface area contributed by atoms with Gasteiger partial charge in [0.25, 0.3) is 5.91 Å². The predicted molar refractivity (Wildman–Crippen MR) is 104 cm³/mol. The Morgan fingerprint density at radius 1 is 1.18 bits per heavy atom. The van der Waals surface area contributed by atoms with Crippen molar-refractivity contribution in [2.45, 2.75) is 26.4 Å². The SMILES string of the molecule is CC(C)(C)OC(=O)N1CCN(CCNC(=O)c2cc(Cl)c3c(c2)OCO3)CC1. The van der Waals surface area contributed by atoms with Gasteiger partial charge in [0.05, 0.1) is 5.02 Å². The van der Waals surface area contributed by atoms with Gasteiger partial charge in [-0.05, 0) is 32.9 Å². The maximum atomic E-state index is 12.4. The molecule has 28 heavy (non-hydrogen) atoms. The Kier molecular flexibility index (Phi) is 6.20. The summed E-state index contributed by atoms with van der Waals surface area (Å²) in [4.78, 5) is 28.4. The highest BCUT2D eigenvalue weighted by atomic mass is 35.5. The van der Waals surface area contributed by atoms with Gasteiger partial charge in [-0.2, -0.15) is 0 Å². The number of hydrogen-bond donors (Lipinski definition) is 1. The molecular formula is C19H26ClN3O5. The first-order valence-electron chi connectivity index (χ1n) is 9.30. The highest BCUT2D eigenvalue weighted by Crippen LogP contribution is 2.39. The Morgan fingerprint density at radius 3 is 2.57 bits per heavy atom. The van der Waals surface area contributed by atoms with Gasteiger partial charge in [0.2, 0.25) is 6.79 Å². The van der Waals surface area contributed by atoms with Crippen molar-refractivity contribution in [3.05, 3.63) is 22.7 Å². The van der Waals surface area contributed by atoms with Gasteiger partial charge < -0.3 is 24.4 Å². The van der Waals surface area contributed by atoms with Crippen molar-refractivity contribution < 1.29 is 23.8 Å². The quantitative estimate of drug-likeness (QED) is 0.819. The molecule has 2 aliphatic heterocycles. The number of nitrogens with one attached hydrogen (secondary N) is 1. The van der Waals surface area contributed by atoms with Crippen LogP contribution < -0.4 is 14.8 Å². The van der Waals surface area contributed by atoms with Crippen molar-refractivity contribution in [1.82, 2.24) is 15.1 Å². The Balaban J connectivity index is 1.41. The van der Waals surface area contributed by atoms with Crippen molar-refractivity contribution in [3.8, 4) is 11.5 Å². The van der Waals surface area contributed by atoms with Crippen LogP contribution in [0.2, 0.25) is 5.02 Å². The first kappa shape index (κ1) is 20.5. The van der Waals surface area contributed by atoms with Crippen LogP contribution in [0.15, 0.2) is 12.1 Å². The second kappa shape index (κ2) is 8.45. The molecule has 1 aromatic rings. The minimum atomic E-state index is -0.490. The van der Waals surface area contributed by atoms with Crippen molar-refractivity contribution >= 4 is 23.6 Å². The van der Waals surface area contributed by atoms with Crippen LogP contribution >= 0.6 is 11.6 Å². The number of carbonyl (C=O) groups is 2. The fraction of sp³-hybridized carbons (Fsp3) is 0.579. The summed E-state index contributed by atoms with van der Waals surface area (Å²) in [5.41, 5.74) is -0.0557. The molecule has 1 saturated heterocycles. The summed E-state index contributed by atoms with van der Waals surface area (Å²) in [5, 5.41) is 3.25. The smallest absolute Gasteiger partial charge is 0.410 e. The van der Waals surface area contributed by atoms with Crippen molar-refractivity contribution in [1.29, 1.82) is 0 Å². The largest absolute Gasteiger partial charge is 0.454 e. The van der Waals surface area contributed by atoms with Crippen LogP contribution in [0.3, 0.4) is 0 Å². The maximum absolute atomic E-state index is 12.4. The summed E-state index contributed by atoms with van der Waals surface area (Å²) in [7, 11) is 0. The van der Waals surface area contributed by atoms with Crippen LogP contribution in [0.5, 0.6) is 11.5 Å². The molecule has 0 saturated carbocycles. The van der Waals surface area contributed by atoms with E-state index in [1.807, 2.05) is 20.8 Å². The van der Waals surface area contributed by atoms with E-state index in [0.717, 1.165) is 13.1 Å². The highest BCUT2D eigenvalue weighted by molar-refractivity contribution is 6.32. The zero-order chi connectivity index (χ0) is 20.3. The topological polar surface area (TPSA) is 80.3 Å². The Hall–Kier alpha value is -2.19. The summed E-state index contributed by atoms with van der Waals surface area (Å²) in [6.07, 6.45) is -0.278. The third kappa shape index (κ3) is 5.20. The molecule has 1 aromatic carbocycles. The number of halogens is 1. The second-order valence-corrected chi connectivity index (χ2v) is 8.16. The minimum absolute atomic E-state index is 0.107. The minimum Gasteiger partial charge on any atom is -0.454 e. The summed E-state index contributed by atoms with van der Waals surface area (Å²) in [6, 6.07) is 3.20. The van der Waals surface area contributed by atoms with Gasteiger partial charge in [0.1, 0.15) is 5.60 Å². The van der Waals surface area contributed by atoms with E-state index in [9.17, 15) is 9.59 Å². The first-order valence-corrected chi connectivity index (χ1v) is 9.68. The number of hydrogen-bond acceptors (Lipinski definition) is 6. The maximum Gasteiger partial charge on any atom is 0.410 e. The second-order valence-electron chi connectivity index (χ2n) is 7.76. The van der Waals surface area contributed by atoms with E-state index >= 15 is 0 Å². The van der Waals surface area contributed by atoms with E-state index in [4.69, 9.17) is 25.8 Å². The standard InChI is InChI=1S/C19H26ClN3O5/c1-19(2,3)28-18(25)23-8-6-22(7-9-23)5-4-21-17(24)13-10-14(20)16-15(11-13)26-12-27-16/h10-11H,4-9,12H2,1-3H3,(H,21,24). The van der Waals surface area contributed by atoms with Crippen LogP contribution in [0.1, 0.15) is 31.1 Å². The van der Waals surface area contributed by atoms with Crippen LogP contribution in [-0.2, 0) is 4.74 Å². The van der Waals surface area contributed by atoms with Gasteiger partial charge in [-0.1, -0.05) is 11.6 Å². The molecule has 1 fully saturated rings. The van der Waals surface area contributed by atoms with Crippen LogP contribution in [0, 0.1) is 0 Å². The first-order chi connectivity index (χ1) is 13.2. The summed E-state index contributed by atoms with van der Waals surface area (Å²) < 4.78 is 15.9. The third-order valence-corrected chi connectivity index (χ3v) is 4.71. The van der Waals surface area contributed by atoms with Crippen molar-refractivity contribution in [3.63, 3.8) is 0 Å². The Bertz CT molecular complexity index is 742. The molecule has 0 aliphatic carbocycles. The summed E-state index contributed by atoms with van der Waals surface area (Å²) >= 11 is 6.12. The summed E-state index contributed by atoms with van der Waals surface area (Å²) in [5.74, 6) is 0.740. The van der Waals surface area contributed by atoms with Gasteiger partial charge in [0.15, 0.2) is 11.5 Å². The van der Waals surface area contributed by atoms with Crippen LogP contribution in [-0.4, -0.2) is 73.5 Å². The van der Waals surface area contributed by atoms with E-state index in [1.165, 1.54) is 0 Å². The number of benzene rings is 1. The Labute approximate surface area is 169 Å². The third-order valence-electron chi connectivity index (χ3n) is 4.43. The number of amides is 2. The lowest BCUT2D eigenvalue weighted by Crippen LogP contribution is -2.51. The number of fused-ring (bicyclic) bond motifs is 1. The highest BCUT2D eigenvalue weighted by Gasteiger charge is 2.26. The fourth-order valence-electron chi connectivity index (χ4n) is 3.01. The van der Waals surface area contributed by atoms with Crippen molar-refractivity contribution in [2.24, 2.45) is 0 Å². The van der Waals surface area contributed by atoms with Gasteiger partial charge in [0, 0.05) is 44.8 Å². The van der Waals surface area contributed by atoms with E-state index in [-0.39, 0.29) is 18.8 Å². The number of ether oxygens (including phenoxy) is 3. The lowest BCUT2D eigenvalue weighted by Gasteiger charge is -2.35. The van der Waals surface area contributed by atoms with Crippen LogP contribution in [0.25, 0.3) is 0 Å². The molecule has 2 aliphatic rings. The lowest BCUT2D eigenvalue weighted by molar-refractivity contribution is 0.0147. The monoisotopic (exact) mass is 411 g/mol. The molecule has 0 radical (unpaired) electrons. The molecule has 0 bridgehead atoms. The molecule has 0 atom stereocenters. The molecule has 0 unspecified atom stereocenters. The molecule has 154 valence electrons. The molecule has 0 spiro atoms. The lowest BCUT2D eigenvalue weighted by atomic mass is 10.2. The van der Waals surface area contributed by atoms with Gasteiger partial charge >= 0.3 is 6.09 Å². The number of rotatable bonds is 4. The molecular weight excluding hydrogens is 386 g/mol. The van der Waals surface area contributed by atoms with Crippen molar-refractivity contribution in [2.75, 3.05) is 46.1 Å². The van der Waals surface area contributed by atoms with E-state index < -0.39 is 5.60 Å². The molecule has 9 heteroatoms. The molecule has 8 nitrogen and oxygen atoms in total. The number of piperazine rings is 1. The van der Waals surface area contributed by atoms with Gasteiger partial charge in [-0.25, -0.2) is 4.79 Å². The molecule has 3 rings (SSSR count). The average molecular weight is 412 g/mol. The predicted octanol–water partition coefficient (Wildman–Crippen LogP) is 2.35. The van der Waals surface area contributed by atoms with E-state index in [2.05, 4.69) is 10.2 Å². The van der Waals surface area contributed by atoms with Gasteiger partial charge in [-0.15, -0.1) is 0 Å².